The van der Waals surface area contributed by atoms with E-state index in [4.69, 9.17) is 10.5 Å². The normalized spacial score (nSPS) is 18.2. The molecule has 0 spiro atoms. The van der Waals surface area contributed by atoms with Crippen molar-refractivity contribution in [2.45, 2.75) is 51.1 Å². The molecule has 1 fully saturated rings. The number of carbonyl (C=O) groups excluding carboxylic acids is 2. The molecule has 2 atom stereocenters. The highest BCUT2D eigenvalue weighted by Crippen LogP contribution is 2.26. The van der Waals surface area contributed by atoms with Crippen molar-refractivity contribution >= 4 is 11.9 Å². The zero-order valence-corrected chi connectivity index (χ0v) is 14.5. The van der Waals surface area contributed by atoms with Gasteiger partial charge >= 0.3 is 6.03 Å². The molecule has 3 amide bonds. The maximum Gasteiger partial charge on any atom is 0.312 e. The van der Waals surface area contributed by atoms with Crippen molar-refractivity contribution in [1.29, 1.82) is 0 Å². The first-order chi connectivity index (χ1) is 11.6. The number of hydrogen-bond donors (Lipinski definition) is 2. The van der Waals surface area contributed by atoms with Crippen LogP contribution in [0.5, 0.6) is 5.75 Å². The van der Waals surface area contributed by atoms with Gasteiger partial charge < -0.3 is 20.7 Å². The van der Waals surface area contributed by atoms with Crippen LogP contribution in [0, 0.1) is 0 Å². The summed E-state index contributed by atoms with van der Waals surface area (Å²) in [5.41, 5.74) is 6.32. The molecule has 3 N–H and O–H groups in total. The Morgan fingerprint density at radius 2 is 2.17 bits per heavy atom. The lowest BCUT2D eigenvalue weighted by Crippen LogP contribution is -2.51. The molecule has 132 valence electrons. The molecule has 1 saturated heterocycles. The Morgan fingerprint density at radius 3 is 2.83 bits per heavy atom. The number of nitrogens with two attached hydrogens (primary N) is 1. The Kier molecular flexibility index (Phi) is 6.46. The summed E-state index contributed by atoms with van der Waals surface area (Å²) in [7, 11) is 1.66. The fourth-order valence-corrected chi connectivity index (χ4v) is 3.38. The van der Waals surface area contributed by atoms with Crippen molar-refractivity contribution in [3.05, 3.63) is 29.8 Å². The van der Waals surface area contributed by atoms with E-state index in [0.717, 1.165) is 43.5 Å². The van der Waals surface area contributed by atoms with Gasteiger partial charge in [-0.1, -0.05) is 31.5 Å². The minimum Gasteiger partial charge on any atom is -0.496 e. The number of primary amides is 1. The minimum absolute atomic E-state index is 0.0342. The van der Waals surface area contributed by atoms with Crippen LogP contribution < -0.4 is 15.8 Å². The molecule has 0 saturated carbocycles. The Hall–Kier alpha value is -2.24. The van der Waals surface area contributed by atoms with E-state index in [1.54, 1.807) is 7.11 Å². The smallest absolute Gasteiger partial charge is 0.312 e. The van der Waals surface area contributed by atoms with Crippen molar-refractivity contribution in [1.82, 2.24) is 10.2 Å². The number of nitrogens with zero attached hydrogens (tertiary/aromatic N) is 1. The molecular weight excluding hydrogens is 306 g/mol. The minimum atomic E-state index is -0.651. The lowest BCUT2D eigenvalue weighted by Gasteiger charge is -2.29. The van der Waals surface area contributed by atoms with E-state index in [9.17, 15) is 9.59 Å². The second kappa shape index (κ2) is 8.57. The molecule has 0 unspecified atom stereocenters. The molecule has 0 aliphatic carbocycles. The van der Waals surface area contributed by atoms with E-state index in [-0.39, 0.29) is 11.9 Å². The molecule has 1 aromatic carbocycles. The molecule has 6 nitrogen and oxygen atoms in total. The Bertz CT molecular complexity index is 576. The topological polar surface area (TPSA) is 84.7 Å². The van der Waals surface area contributed by atoms with Gasteiger partial charge in [0, 0.05) is 12.6 Å². The van der Waals surface area contributed by atoms with Crippen LogP contribution in [0.1, 0.15) is 38.2 Å². The van der Waals surface area contributed by atoms with Gasteiger partial charge in [0.15, 0.2) is 0 Å². The standard InChI is InChI=1S/C18H27N3O3/c1-3-7-15(20-18(19)23)17(22)21-11-6-9-14(21)12-13-8-4-5-10-16(13)24-2/h4-5,8,10,14-15H,3,6-7,9,11-12H2,1-2H3,(H3,19,20,23)/t14-,15-/m0/s1. The summed E-state index contributed by atoms with van der Waals surface area (Å²) in [6.45, 7) is 2.71. The molecule has 1 aliphatic rings. The number of amides is 3. The average Bonchev–Trinajstić information content (AvgIpc) is 3.02. The van der Waals surface area contributed by atoms with Gasteiger partial charge in [-0.15, -0.1) is 0 Å². The number of nitrogens with one attached hydrogen (secondary N) is 1. The Balaban J connectivity index is 2.11. The van der Waals surface area contributed by atoms with Crippen LogP contribution in [-0.4, -0.2) is 42.6 Å². The van der Waals surface area contributed by atoms with Crippen molar-refractivity contribution < 1.29 is 14.3 Å². The van der Waals surface area contributed by atoms with E-state index < -0.39 is 12.1 Å². The summed E-state index contributed by atoms with van der Waals surface area (Å²) < 4.78 is 5.41. The van der Waals surface area contributed by atoms with E-state index in [0.29, 0.717) is 6.42 Å². The van der Waals surface area contributed by atoms with Crippen molar-refractivity contribution in [3.63, 3.8) is 0 Å². The van der Waals surface area contributed by atoms with Crippen LogP contribution in [-0.2, 0) is 11.2 Å². The predicted molar refractivity (Wildman–Crippen MR) is 92.8 cm³/mol. The average molecular weight is 333 g/mol. The summed E-state index contributed by atoms with van der Waals surface area (Å²) in [4.78, 5) is 25.9. The van der Waals surface area contributed by atoms with Crippen molar-refractivity contribution in [2.75, 3.05) is 13.7 Å². The van der Waals surface area contributed by atoms with Gasteiger partial charge in [0.1, 0.15) is 11.8 Å². The molecule has 0 aromatic heterocycles. The highest BCUT2D eigenvalue weighted by atomic mass is 16.5. The maximum absolute atomic E-state index is 12.9. The van der Waals surface area contributed by atoms with E-state index >= 15 is 0 Å². The lowest BCUT2D eigenvalue weighted by molar-refractivity contribution is -0.134. The number of rotatable bonds is 7. The largest absolute Gasteiger partial charge is 0.496 e. The maximum atomic E-state index is 12.9. The summed E-state index contributed by atoms with van der Waals surface area (Å²) in [5.74, 6) is 0.810. The first kappa shape index (κ1) is 18.1. The molecule has 0 bridgehead atoms. The zero-order chi connectivity index (χ0) is 17.5. The van der Waals surface area contributed by atoms with Gasteiger partial charge in [-0.25, -0.2) is 4.79 Å². The van der Waals surface area contributed by atoms with Gasteiger partial charge in [-0.3, -0.25) is 4.79 Å². The fourth-order valence-electron chi connectivity index (χ4n) is 3.38. The molecule has 1 aromatic rings. The van der Waals surface area contributed by atoms with Crippen LogP contribution in [0.3, 0.4) is 0 Å². The van der Waals surface area contributed by atoms with Crippen LogP contribution in [0.25, 0.3) is 0 Å². The summed E-state index contributed by atoms with van der Waals surface area (Å²) in [6.07, 6.45) is 4.09. The third-order valence-corrected chi connectivity index (χ3v) is 4.50. The first-order valence-electron chi connectivity index (χ1n) is 8.55. The number of methoxy groups -OCH3 is 1. The van der Waals surface area contributed by atoms with Gasteiger partial charge in [0.05, 0.1) is 7.11 Å². The number of carbonyl (C=O) groups is 2. The SMILES string of the molecule is CCC[C@H](NC(N)=O)C(=O)N1CCC[C@H]1Cc1ccccc1OC. The third kappa shape index (κ3) is 4.40. The number of ether oxygens (including phenoxy) is 1. The second-order valence-corrected chi connectivity index (χ2v) is 6.19. The fraction of sp³-hybridized carbons (Fsp3) is 0.556. The van der Waals surface area contributed by atoms with Crippen molar-refractivity contribution in [3.8, 4) is 5.75 Å². The van der Waals surface area contributed by atoms with E-state index in [1.165, 1.54) is 0 Å². The summed E-state index contributed by atoms with van der Waals surface area (Å²) in [5, 5.41) is 2.59. The monoisotopic (exact) mass is 333 g/mol. The number of para-hydroxylation sites is 1. The number of urea groups is 1. The van der Waals surface area contributed by atoms with Crippen LogP contribution in [0.4, 0.5) is 4.79 Å². The molecule has 24 heavy (non-hydrogen) atoms. The van der Waals surface area contributed by atoms with Crippen LogP contribution >= 0.6 is 0 Å². The van der Waals surface area contributed by atoms with Gasteiger partial charge in [0.2, 0.25) is 5.91 Å². The molecular formula is C18H27N3O3. The molecule has 2 rings (SSSR count). The predicted octanol–water partition coefficient (Wildman–Crippen LogP) is 2.07. The molecule has 0 radical (unpaired) electrons. The van der Waals surface area contributed by atoms with Crippen LogP contribution in [0.2, 0.25) is 0 Å². The van der Waals surface area contributed by atoms with Gasteiger partial charge in [-0.2, -0.15) is 0 Å². The number of hydrogen-bond acceptors (Lipinski definition) is 3. The molecule has 1 aliphatic heterocycles. The van der Waals surface area contributed by atoms with Gasteiger partial charge in [-0.05, 0) is 37.3 Å². The summed E-state index contributed by atoms with van der Waals surface area (Å²) >= 11 is 0. The Morgan fingerprint density at radius 1 is 1.42 bits per heavy atom. The zero-order valence-electron chi connectivity index (χ0n) is 14.5. The molecule has 6 heteroatoms. The summed E-state index contributed by atoms with van der Waals surface area (Å²) in [6, 6.07) is 6.83. The molecule has 1 heterocycles. The van der Waals surface area contributed by atoms with E-state index in [2.05, 4.69) is 5.32 Å². The number of likely N-dealkylation sites (tertiary alicyclic amines) is 1. The third-order valence-electron chi connectivity index (χ3n) is 4.50. The number of benzene rings is 1. The highest BCUT2D eigenvalue weighted by molar-refractivity contribution is 5.87. The quantitative estimate of drug-likeness (QED) is 0.801. The van der Waals surface area contributed by atoms with E-state index in [1.807, 2.05) is 36.1 Å². The lowest BCUT2D eigenvalue weighted by atomic mass is 10.0. The first-order valence-corrected chi connectivity index (χ1v) is 8.55. The Labute approximate surface area is 143 Å². The second-order valence-electron chi connectivity index (χ2n) is 6.19. The highest BCUT2D eigenvalue weighted by Gasteiger charge is 2.33. The van der Waals surface area contributed by atoms with Crippen LogP contribution in [0.15, 0.2) is 24.3 Å². The van der Waals surface area contributed by atoms with Crippen molar-refractivity contribution in [2.24, 2.45) is 5.73 Å². The van der Waals surface area contributed by atoms with Gasteiger partial charge in [0.25, 0.3) is 0 Å².